The Morgan fingerprint density at radius 2 is 1.60 bits per heavy atom. The van der Waals surface area contributed by atoms with E-state index in [0.29, 0.717) is 41.7 Å². The monoisotopic (exact) mass is 720 g/mol. The normalized spacial score (nSPS) is 18.7. The van der Waals surface area contributed by atoms with Crippen molar-refractivity contribution in [3.05, 3.63) is 88.7 Å². The van der Waals surface area contributed by atoms with Crippen LogP contribution in [0.2, 0.25) is 0 Å². The van der Waals surface area contributed by atoms with Crippen molar-refractivity contribution >= 4 is 57.9 Å². The van der Waals surface area contributed by atoms with E-state index in [1.807, 2.05) is 18.2 Å². The maximum Gasteiger partial charge on any atom is 0.262 e. The molecule has 274 valence electrons. The fraction of sp³-hybridized carbons (Fsp3) is 0.342. The lowest BCUT2D eigenvalue weighted by Gasteiger charge is -2.27. The first kappa shape index (κ1) is 35.5. The molecule has 2 atom stereocenters. The van der Waals surface area contributed by atoms with Gasteiger partial charge in [-0.15, -0.1) is 0 Å². The molecule has 3 aliphatic rings. The molecule has 1 aromatic heterocycles. The van der Waals surface area contributed by atoms with Crippen LogP contribution in [0.25, 0.3) is 11.0 Å². The van der Waals surface area contributed by atoms with Gasteiger partial charge in [-0.3, -0.25) is 43.9 Å². The fourth-order valence-electron chi connectivity index (χ4n) is 6.90. The third kappa shape index (κ3) is 7.80. The van der Waals surface area contributed by atoms with Crippen LogP contribution >= 0.6 is 0 Å². The summed E-state index contributed by atoms with van der Waals surface area (Å²) in [6, 6.07) is 16.3. The number of imide groups is 2. The van der Waals surface area contributed by atoms with Crippen LogP contribution in [0.4, 0.5) is 11.4 Å². The van der Waals surface area contributed by atoms with E-state index in [-0.39, 0.29) is 48.9 Å². The van der Waals surface area contributed by atoms with Gasteiger partial charge in [0.05, 0.1) is 41.9 Å². The maximum atomic E-state index is 13.0. The lowest BCUT2D eigenvalue weighted by atomic mass is 10.0. The first-order valence-corrected chi connectivity index (χ1v) is 17.7. The Labute approximate surface area is 304 Å². The lowest BCUT2D eigenvalue weighted by Crippen LogP contribution is -2.54. The van der Waals surface area contributed by atoms with Crippen LogP contribution in [-0.4, -0.2) is 100 Å². The molecule has 53 heavy (non-hydrogen) atoms. The Morgan fingerprint density at radius 1 is 0.868 bits per heavy atom. The van der Waals surface area contributed by atoms with E-state index in [2.05, 4.69) is 38.1 Å². The second-order valence-corrected chi connectivity index (χ2v) is 13.4. The van der Waals surface area contributed by atoms with E-state index in [1.165, 1.54) is 18.9 Å². The highest BCUT2D eigenvalue weighted by molar-refractivity contribution is 6.23. The molecule has 1 unspecified atom stereocenters. The van der Waals surface area contributed by atoms with Gasteiger partial charge < -0.3 is 25.7 Å². The van der Waals surface area contributed by atoms with Crippen molar-refractivity contribution in [2.45, 2.75) is 51.2 Å². The van der Waals surface area contributed by atoms with E-state index in [4.69, 9.17) is 9.72 Å². The molecule has 5 N–H and O–H groups in total. The summed E-state index contributed by atoms with van der Waals surface area (Å²) in [6.07, 6.45) is 2.55. The smallest absolute Gasteiger partial charge is 0.262 e. The Kier molecular flexibility index (Phi) is 10.3. The minimum Gasteiger partial charge on any atom is -0.383 e. The Bertz CT molecular complexity index is 2100. The van der Waals surface area contributed by atoms with Crippen LogP contribution in [0, 0.1) is 0 Å². The molecule has 2 saturated heterocycles. The Morgan fingerprint density at radius 3 is 2.36 bits per heavy atom. The van der Waals surface area contributed by atoms with Gasteiger partial charge in [0.15, 0.2) is 0 Å². The number of rotatable bonds is 13. The van der Waals surface area contributed by atoms with Crippen molar-refractivity contribution in [1.82, 2.24) is 30.4 Å². The zero-order valence-electron chi connectivity index (χ0n) is 29.2. The van der Waals surface area contributed by atoms with Crippen LogP contribution in [-0.2, 0) is 20.9 Å². The molecule has 0 radical (unpaired) electrons. The van der Waals surface area contributed by atoms with Crippen LogP contribution in [0.3, 0.4) is 0 Å². The summed E-state index contributed by atoms with van der Waals surface area (Å²) in [5.74, 6) is -1.91. The molecule has 3 aromatic carbocycles. The zero-order chi connectivity index (χ0) is 37.1. The zero-order valence-corrected chi connectivity index (χ0v) is 29.2. The first-order chi connectivity index (χ1) is 25.6. The van der Waals surface area contributed by atoms with E-state index < -0.39 is 29.7 Å². The minimum atomic E-state index is -1.02. The van der Waals surface area contributed by atoms with Crippen LogP contribution in [0.1, 0.15) is 79.9 Å². The van der Waals surface area contributed by atoms with E-state index >= 15 is 0 Å². The van der Waals surface area contributed by atoms with Crippen LogP contribution in [0.15, 0.2) is 60.7 Å². The summed E-state index contributed by atoms with van der Waals surface area (Å²) >= 11 is 0. The number of carbonyl (C=O) groups is 6. The standard InChI is InChI=1S/C38H40N8O7/c1-22-3-2-16-45(22)21-32-42-29-11-9-26(20-30(29)43-32)41-35(49)24-6-4-23(5-7-24)34(48)40-15-18-53-17-14-39-25-8-10-27-28(19-25)38(52)46(37(27)51)31-12-13-33(47)44-36(31)50/h4-11,19-20,22,31,39H,2-3,12-18,21H2,1H3,(H,40,48)(H,41,49)(H,42,43)(H,44,47,50)/t22-,31?/m0/s1. The topological polar surface area (TPSA) is 195 Å². The number of aromatic amines is 1. The highest BCUT2D eigenvalue weighted by Gasteiger charge is 2.44. The van der Waals surface area contributed by atoms with Gasteiger partial charge in [0.2, 0.25) is 11.8 Å². The molecule has 15 nitrogen and oxygen atoms in total. The first-order valence-electron chi connectivity index (χ1n) is 17.7. The number of carbonyl (C=O) groups excluding carboxylic acids is 6. The maximum absolute atomic E-state index is 13.0. The number of nitrogens with one attached hydrogen (secondary N) is 5. The van der Waals surface area contributed by atoms with Crippen LogP contribution in [0.5, 0.6) is 0 Å². The molecule has 6 amide bonds. The number of ether oxygens (including phenoxy) is 1. The summed E-state index contributed by atoms with van der Waals surface area (Å²) in [5.41, 5.74) is 4.15. The average molecular weight is 721 g/mol. The van der Waals surface area contributed by atoms with Gasteiger partial charge in [-0.1, -0.05) is 0 Å². The summed E-state index contributed by atoms with van der Waals surface area (Å²) < 4.78 is 5.62. The predicted molar refractivity (Wildman–Crippen MR) is 194 cm³/mol. The van der Waals surface area contributed by atoms with Gasteiger partial charge in [0.1, 0.15) is 11.9 Å². The Balaban J connectivity index is 0.815. The molecule has 7 rings (SSSR count). The highest BCUT2D eigenvalue weighted by atomic mass is 16.5. The molecule has 0 aliphatic carbocycles. The number of piperidine rings is 1. The van der Waals surface area contributed by atoms with Gasteiger partial charge in [-0.25, -0.2) is 4.98 Å². The van der Waals surface area contributed by atoms with Crippen molar-refractivity contribution in [2.75, 3.05) is 43.5 Å². The second-order valence-electron chi connectivity index (χ2n) is 13.4. The van der Waals surface area contributed by atoms with Crippen molar-refractivity contribution in [1.29, 1.82) is 0 Å². The largest absolute Gasteiger partial charge is 0.383 e. The number of benzene rings is 3. The van der Waals surface area contributed by atoms with Gasteiger partial charge in [-0.2, -0.15) is 0 Å². The van der Waals surface area contributed by atoms with Gasteiger partial charge in [-0.05, 0) is 93.4 Å². The average Bonchev–Trinajstić information content (AvgIpc) is 3.82. The van der Waals surface area contributed by atoms with Crippen molar-refractivity contribution < 1.29 is 33.5 Å². The molecule has 4 aromatic rings. The highest BCUT2D eigenvalue weighted by Crippen LogP contribution is 2.29. The molecule has 3 aliphatic heterocycles. The molecular weight excluding hydrogens is 680 g/mol. The predicted octanol–water partition coefficient (Wildman–Crippen LogP) is 3.06. The summed E-state index contributed by atoms with van der Waals surface area (Å²) in [6.45, 7) is 5.30. The molecule has 2 fully saturated rings. The minimum absolute atomic E-state index is 0.0549. The van der Waals surface area contributed by atoms with Gasteiger partial charge in [0, 0.05) is 48.1 Å². The number of fused-ring (bicyclic) bond motifs is 2. The molecule has 4 heterocycles. The van der Waals surface area contributed by atoms with E-state index in [1.54, 1.807) is 36.4 Å². The number of hydrogen-bond donors (Lipinski definition) is 5. The third-order valence-electron chi connectivity index (χ3n) is 9.79. The van der Waals surface area contributed by atoms with Crippen LogP contribution < -0.4 is 21.3 Å². The fourth-order valence-corrected chi connectivity index (χ4v) is 6.90. The quantitative estimate of drug-likeness (QED) is 0.101. The SMILES string of the molecule is C[C@H]1CCCN1Cc1nc2ccc(NC(=O)c3ccc(C(=O)NCCOCCNc4ccc5c(c4)C(=O)N(C4CCC(=O)NC4=O)C5=O)cc3)cc2[nH]1. The summed E-state index contributed by atoms with van der Waals surface area (Å²) in [4.78, 5) is 86.7. The number of nitrogens with zero attached hydrogens (tertiary/aromatic N) is 3. The van der Waals surface area contributed by atoms with Gasteiger partial charge >= 0.3 is 0 Å². The number of imidazole rings is 1. The van der Waals surface area contributed by atoms with Crippen molar-refractivity contribution in [3.8, 4) is 0 Å². The number of H-pyrrole nitrogens is 1. The molecule has 0 saturated carbocycles. The van der Waals surface area contributed by atoms with E-state index in [9.17, 15) is 28.8 Å². The number of likely N-dealkylation sites (tertiary alicyclic amines) is 1. The molecule has 0 bridgehead atoms. The molecule has 15 heteroatoms. The number of aromatic nitrogens is 2. The number of anilines is 2. The molecule has 0 spiro atoms. The third-order valence-corrected chi connectivity index (χ3v) is 9.79. The second kappa shape index (κ2) is 15.4. The number of hydrogen-bond acceptors (Lipinski definition) is 10. The van der Waals surface area contributed by atoms with Gasteiger partial charge in [0.25, 0.3) is 23.6 Å². The van der Waals surface area contributed by atoms with E-state index in [0.717, 1.165) is 34.8 Å². The summed E-state index contributed by atoms with van der Waals surface area (Å²) in [7, 11) is 0. The summed E-state index contributed by atoms with van der Waals surface area (Å²) in [5, 5.41) is 11.0. The lowest BCUT2D eigenvalue weighted by molar-refractivity contribution is -0.136. The number of amides is 6. The Hall–Kier alpha value is -5.93. The molecular formula is C38H40N8O7. The van der Waals surface area contributed by atoms with Crippen molar-refractivity contribution in [3.63, 3.8) is 0 Å². The van der Waals surface area contributed by atoms with Crippen molar-refractivity contribution in [2.24, 2.45) is 0 Å².